The highest BCUT2D eigenvalue weighted by atomic mass is 35.5. The van der Waals surface area contributed by atoms with Gasteiger partial charge in [-0.05, 0) is 51.1 Å². The maximum Gasteiger partial charge on any atom is 0.416 e. The van der Waals surface area contributed by atoms with Gasteiger partial charge in [0.25, 0.3) is 0 Å². The van der Waals surface area contributed by atoms with Crippen LogP contribution in [0.15, 0.2) is 42.7 Å². The lowest BCUT2D eigenvalue weighted by atomic mass is 10.2. The number of hydrogen-bond acceptors (Lipinski definition) is 6. The van der Waals surface area contributed by atoms with Crippen molar-refractivity contribution in [2.75, 3.05) is 16.8 Å². The van der Waals surface area contributed by atoms with Gasteiger partial charge in [0.1, 0.15) is 30.5 Å². The van der Waals surface area contributed by atoms with E-state index in [0.29, 0.717) is 11.0 Å². The third kappa shape index (κ3) is 4.32. The minimum atomic E-state index is -1.25. The molecule has 2 aromatic heterocycles. The van der Waals surface area contributed by atoms with Crippen molar-refractivity contribution in [3.05, 3.63) is 59.3 Å². The molecule has 162 valence electrons. The van der Waals surface area contributed by atoms with Crippen molar-refractivity contribution in [2.24, 2.45) is 0 Å². The van der Waals surface area contributed by atoms with Crippen molar-refractivity contribution < 1.29 is 13.9 Å². The predicted octanol–water partition coefficient (Wildman–Crippen LogP) is 4.48. The van der Waals surface area contributed by atoms with Crippen molar-refractivity contribution in [2.45, 2.75) is 39.0 Å². The minimum absolute atomic E-state index is 0.0128. The van der Waals surface area contributed by atoms with E-state index < -0.39 is 18.3 Å². The highest BCUT2D eigenvalue weighted by Gasteiger charge is 2.39. The normalized spacial score (nSPS) is 18.0. The topological polar surface area (TPSA) is 85.2 Å². The number of carbonyl (C=O) groups excluding carboxylic acids is 1. The molecular formula is C21H22ClFN6O2. The SMILES string of the molecule is Cc1nc([C@H](C)Nc2nccc(N3C(=O)OCC3[C@@H](C)F)n2)cn1-c1ccc(Cl)cc1. The number of carbonyl (C=O) groups is 1. The average molecular weight is 445 g/mol. The summed E-state index contributed by atoms with van der Waals surface area (Å²) in [4.78, 5) is 26.5. The summed E-state index contributed by atoms with van der Waals surface area (Å²) in [6.07, 6.45) is 1.57. The second-order valence-corrected chi connectivity index (χ2v) is 7.79. The Balaban J connectivity index is 1.54. The highest BCUT2D eigenvalue weighted by molar-refractivity contribution is 6.30. The Labute approximate surface area is 184 Å². The Morgan fingerprint density at radius 2 is 1.97 bits per heavy atom. The standard InChI is InChI=1S/C21H22ClFN6O2/c1-12(23)18-11-31-21(30)29(18)19-8-9-24-20(27-19)25-13(2)17-10-28(14(3)26-17)16-6-4-15(22)5-7-16/h4-10,12-13,18H,11H2,1-3H3,(H,24,25,27)/t12-,13+,18?/m1/s1. The molecule has 1 amide bonds. The van der Waals surface area contributed by atoms with Crippen LogP contribution in [0.4, 0.5) is 21.0 Å². The summed E-state index contributed by atoms with van der Waals surface area (Å²) in [7, 11) is 0. The van der Waals surface area contributed by atoms with Gasteiger partial charge in [0.05, 0.1) is 11.7 Å². The Kier molecular flexibility index (Phi) is 5.77. The van der Waals surface area contributed by atoms with Crippen LogP contribution in [0.1, 0.15) is 31.4 Å². The summed E-state index contributed by atoms with van der Waals surface area (Å²) in [5.74, 6) is 1.40. The van der Waals surface area contributed by atoms with Gasteiger partial charge < -0.3 is 14.6 Å². The predicted molar refractivity (Wildman–Crippen MR) is 116 cm³/mol. The molecule has 0 radical (unpaired) electrons. The van der Waals surface area contributed by atoms with Crippen molar-refractivity contribution in [1.29, 1.82) is 0 Å². The summed E-state index contributed by atoms with van der Waals surface area (Å²) in [5.41, 5.74) is 1.74. The van der Waals surface area contributed by atoms with Crippen molar-refractivity contribution in [1.82, 2.24) is 19.5 Å². The first kappa shape index (κ1) is 21.0. The molecule has 3 heterocycles. The van der Waals surface area contributed by atoms with E-state index in [1.54, 1.807) is 6.07 Å². The molecule has 1 saturated heterocycles. The molecule has 0 bridgehead atoms. The van der Waals surface area contributed by atoms with Crippen LogP contribution in [0.3, 0.4) is 0 Å². The van der Waals surface area contributed by atoms with Gasteiger partial charge >= 0.3 is 6.09 Å². The van der Waals surface area contributed by atoms with Crippen molar-refractivity contribution in [3.8, 4) is 5.69 Å². The molecule has 1 aliphatic heterocycles. The van der Waals surface area contributed by atoms with E-state index in [1.807, 2.05) is 48.9 Å². The number of alkyl halides is 1. The number of benzene rings is 1. The van der Waals surface area contributed by atoms with Crippen LogP contribution in [0.25, 0.3) is 5.69 Å². The maximum absolute atomic E-state index is 13.9. The van der Waals surface area contributed by atoms with E-state index in [9.17, 15) is 9.18 Å². The third-order valence-corrected chi connectivity index (χ3v) is 5.37. The van der Waals surface area contributed by atoms with Crippen LogP contribution in [0.5, 0.6) is 0 Å². The third-order valence-electron chi connectivity index (χ3n) is 5.12. The average Bonchev–Trinajstić information content (AvgIpc) is 3.32. The first-order valence-electron chi connectivity index (χ1n) is 9.85. The summed E-state index contributed by atoms with van der Waals surface area (Å²) in [6.45, 7) is 5.22. The lowest BCUT2D eigenvalue weighted by Gasteiger charge is -2.21. The van der Waals surface area contributed by atoms with Crippen molar-refractivity contribution >= 4 is 29.5 Å². The van der Waals surface area contributed by atoms with E-state index in [-0.39, 0.29) is 18.5 Å². The molecule has 3 aromatic rings. The van der Waals surface area contributed by atoms with Gasteiger partial charge in [-0.25, -0.2) is 19.2 Å². The number of nitrogens with one attached hydrogen (secondary N) is 1. The summed E-state index contributed by atoms with van der Waals surface area (Å²) in [6, 6.07) is 8.11. The van der Waals surface area contributed by atoms with Crippen molar-refractivity contribution in [3.63, 3.8) is 0 Å². The van der Waals surface area contributed by atoms with Crippen LogP contribution in [0, 0.1) is 6.92 Å². The molecule has 4 rings (SSSR count). The van der Waals surface area contributed by atoms with E-state index in [4.69, 9.17) is 16.3 Å². The van der Waals surface area contributed by atoms with Gasteiger partial charge in [0, 0.05) is 23.1 Å². The number of nitrogens with zero attached hydrogens (tertiary/aromatic N) is 5. The zero-order chi connectivity index (χ0) is 22.1. The highest BCUT2D eigenvalue weighted by Crippen LogP contribution is 2.26. The van der Waals surface area contributed by atoms with E-state index >= 15 is 0 Å². The largest absolute Gasteiger partial charge is 0.447 e. The first-order valence-corrected chi connectivity index (χ1v) is 10.2. The van der Waals surface area contributed by atoms with Gasteiger partial charge in [-0.1, -0.05) is 11.6 Å². The Morgan fingerprint density at radius 1 is 1.23 bits per heavy atom. The van der Waals surface area contributed by atoms with Gasteiger partial charge in [-0.3, -0.25) is 4.90 Å². The lowest BCUT2D eigenvalue weighted by molar-refractivity contribution is 0.174. The van der Waals surface area contributed by atoms with Crippen LogP contribution in [-0.4, -0.2) is 44.4 Å². The molecule has 0 aliphatic carbocycles. The molecule has 3 atom stereocenters. The number of halogens is 2. The minimum Gasteiger partial charge on any atom is -0.447 e. The van der Waals surface area contributed by atoms with Crippen LogP contribution < -0.4 is 10.2 Å². The molecule has 1 fully saturated rings. The molecule has 1 N–H and O–H groups in total. The van der Waals surface area contributed by atoms with Crippen LogP contribution in [0.2, 0.25) is 5.02 Å². The second kappa shape index (κ2) is 8.50. The zero-order valence-corrected chi connectivity index (χ0v) is 18.0. The quantitative estimate of drug-likeness (QED) is 0.603. The van der Waals surface area contributed by atoms with E-state index in [2.05, 4.69) is 20.3 Å². The number of cyclic esters (lactones) is 1. The number of imidazole rings is 1. The second-order valence-electron chi connectivity index (χ2n) is 7.36. The number of anilines is 2. The number of rotatable bonds is 6. The number of ether oxygens (including phenoxy) is 1. The fourth-order valence-corrected chi connectivity index (χ4v) is 3.55. The molecule has 1 unspecified atom stereocenters. The maximum atomic E-state index is 13.9. The van der Waals surface area contributed by atoms with Gasteiger partial charge in [-0.15, -0.1) is 0 Å². The monoisotopic (exact) mass is 444 g/mol. The Hall–Kier alpha value is -3.20. The number of amides is 1. The lowest BCUT2D eigenvalue weighted by Crippen LogP contribution is -2.39. The van der Waals surface area contributed by atoms with Gasteiger partial charge in [0.15, 0.2) is 0 Å². The van der Waals surface area contributed by atoms with E-state index in [0.717, 1.165) is 17.2 Å². The molecule has 10 heteroatoms. The fraction of sp³-hybridized carbons (Fsp3) is 0.333. The van der Waals surface area contributed by atoms with Gasteiger partial charge in [-0.2, -0.15) is 4.98 Å². The fourth-order valence-electron chi connectivity index (χ4n) is 3.42. The molecule has 31 heavy (non-hydrogen) atoms. The number of aryl methyl sites for hydroxylation is 1. The first-order chi connectivity index (χ1) is 14.8. The number of aromatic nitrogens is 4. The summed E-state index contributed by atoms with van der Waals surface area (Å²) in [5, 5.41) is 3.86. The smallest absolute Gasteiger partial charge is 0.416 e. The van der Waals surface area contributed by atoms with Crippen LogP contribution >= 0.6 is 11.6 Å². The molecule has 0 saturated carbocycles. The Bertz CT molecular complexity index is 1090. The van der Waals surface area contributed by atoms with E-state index in [1.165, 1.54) is 18.0 Å². The molecule has 0 spiro atoms. The Morgan fingerprint density at radius 3 is 2.68 bits per heavy atom. The molecule has 1 aromatic carbocycles. The summed E-state index contributed by atoms with van der Waals surface area (Å²) >= 11 is 5.98. The molecule has 1 aliphatic rings. The molecular weight excluding hydrogens is 423 g/mol. The number of hydrogen-bond donors (Lipinski definition) is 1. The summed E-state index contributed by atoms with van der Waals surface area (Å²) < 4.78 is 20.9. The van der Waals surface area contributed by atoms with Crippen LogP contribution in [-0.2, 0) is 4.74 Å². The molecule has 8 nitrogen and oxygen atoms in total. The van der Waals surface area contributed by atoms with Gasteiger partial charge in [0.2, 0.25) is 5.95 Å². The zero-order valence-electron chi connectivity index (χ0n) is 17.3.